The van der Waals surface area contributed by atoms with Crippen LogP contribution in [0.2, 0.25) is 0 Å². The zero-order valence-corrected chi connectivity index (χ0v) is 62.9. The van der Waals surface area contributed by atoms with Crippen molar-refractivity contribution < 1.29 is 85.8 Å². The van der Waals surface area contributed by atoms with Crippen molar-refractivity contribution in [3.8, 4) is 0 Å². The van der Waals surface area contributed by atoms with Gasteiger partial charge >= 0.3 is 29.8 Å². The lowest BCUT2D eigenvalue weighted by Crippen LogP contribution is -2.70. The average molecular weight is 1450 g/mol. The van der Waals surface area contributed by atoms with Gasteiger partial charge in [0.05, 0.1) is 6.10 Å². The fraction of sp³-hybridized carbons (Fsp3) is 0.808. The lowest BCUT2D eigenvalue weighted by Gasteiger charge is -2.70. The van der Waals surface area contributed by atoms with Crippen LogP contribution < -0.4 is 31.9 Å². The summed E-state index contributed by atoms with van der Waals surface area (Å²) in [6.07, 6.45) is 3.07. The van der Waals surface area contributed by atoms with Crippen LogP contribution in [0.3, 0.4) is 0 Å². The molecule has 0 aromatic heterocycles. The number of carbonyl (C=O) groups is 9. The van der Waals surface area contributed by atoms with Gasteiger partial charge in [-0.1, -0.05) is 112 Å². The maximum atomic E-state index is 15.8. The molecule has 7 saturated carbocycles. The molecule has 556 valence electrons. The van der Waals surface area contributed by atoms with E-state index in [0.29, 0.717) is 43.6 Å². The van der Waals surface area contributed by atoms with Crippen LogP contribution in [0.5, 0.6) is 0 Å². The van der Waals surface area contributed by atoms with E-state index in [2.05, 4.69) is 80.4 Å². The molecule has 100 heavy (non-hydrogen) atoms. The molecule has 0 radical (unpaired) electrons. The molecule has 2 aliphatic heterocycles. The zero-order chi connectivity index (χ0) is 72.6. The Bertz CT molecular complexity index is 3210. The largest absolute Gasteiger partial charge is 0.455 e. The minimum atomic E-state index is -2.05. The van der Waals surface area contributed by atoms with Gasteiger partial charge in [-0.05, 0) is 178 Å². The summed E-state index contributed by atoms with van der Waals surface area (Å²) in [6, 6.07) is 0.138. The molecule has 27 heteroatoms. The van der Waals surface area contributed by atoms with Gasteiger partial charge in [-0.3, -0.25) is 43.2 Å². The molecule has 2 saturated heterocycles. The Kier molecular flexibility index (Phi) is 24.1. The van der Waals surface area contributed by atoms with Gasteiger partial charge in [-0.15, -0.1) is 0 Å². The number of nitrogens with one attached hydrogen (secondary N) is 6. The zero-order valence-electron chi connectivity index (χ0n) is 60.4. The molecule has 10 rings (SSSR count). The monoisotopic (exact) mass is 1450 g/mol. The summed E-state index contributed by atoms with van der Waals surface area (Å²) in [4.78, 5) is 127. The lowest BCUT2D eigenvalue weighted by molar-refractivity contribution is -0.370. The Morgan fingerprint density at radius 2 is 0.890 bits per heavy atom. The SMILES string of the molecule is CC(=O)O[C@@H]1[C@@H](OC(C)=O)[C@@H](O[C@H]2[C@@H](O[C@H]3CC[C@]4(C)[C@H]5C(=O)C=C6[C@@H]7C[C@@](C)(C(=O)NC(=S)NC8CCCCC8)CC[C@]7(C)CC[C@@]6(C)[C@]5(C)CC[C@H]4C3(C)C)O[C@H](C(=O)NC(=S)NC3CCCCC3)[C@@H](OC(C)=O)[C@@H]2OC(C)=O)O[C@H](C(=O)NC(=S)NC2CCCCC2)[C@H]1OC(C)=O. The van der Waals surface area contributed by atoms with E-state index in [0.717, 1.165) is 149 Å². The summed E-state index contributed by atoms with van der Waals surface area (Å²) in [6.45, 7) is 20.8. The second kappa shape index (κ2) is 31.2. The first kappa shape index (κ1) is 77.3. The number of rotatable bonds is 15. The van der Waals surface area contributed by atoms with E-state index in [-0.39, 0.29) is 57.3 Å². The molecule has 24 nitrogen and oxygen atoms in total. The van der Waals surface area contributed by atoms with E-state index in [1.165, 1.54) is 6.42 Å². The van der Waals surface area contributed by atoms with Crippen molar-refractivity contribution in [3.63, 3.8) is 0 Å². The van der Waals surface area contributed by atoms with Gasteiger partial charge < -0.3 is 74.5 Å². The van der Waals surface area contributed by atoms with E-state index < -0.39 is 142 Å². The smallest absolute Gasteiger partial charge is 0.303 e. The number of ketones is 1. The Morgan fingerprint density at radius 1 is 0.470 bits per heavy atom. The quantitative estimate of drug-likeness (QED) is 0.0386. The number of hydrogen-bond acceptors (Lipinski definition) is 21. The summed E-state index contributed by atoms with van der Waals surface area (Å²) in [5.74, 6) is -7.29. The van der Waals surface area contributed by atoms with Crippen molar-refractivity contribution in [2.75, 3.05) is 0 Å². The fourth-order valence-corrected chi connectivity index (χ4v) is 20.8. The third-order valence-electron chi connectivity index (χ3n) is 25.2. The van der Waals surface area contributed by atoms with Gasteiger partial charge in [-0.2, -0.15) is 0 Å². The molecule has 0 aromatic carbocycles. The van der Waals surface area contributed by atoms with Crippen molar-refractivity contribution in [2.45, 2.75) is 323 Å². The van der Waals surface area contributed by atoms with Crippen molar-refractivity contribution in [1.29, 1.82) is 0 Å². The summed E-state index contributed by atoms with van der Waals surface area (Å²) in [5.41, 5.74) is -2.07. The second-order valence-electron chi connectivity index (χ2n) is 32.4. The fourth-order valence-electron chi connectivity index (χ4n) is 20.0. The molecular formula is C73H108N6O18S3. The molecule has 2 heterocycles. The standard InChI is InChI=1S/C73H108N6O18S3/c1-38(80)89-51-53(91-40(3)82)57(93-42(5)84)63(96-56(51)61(87)78-66(99)75-44-24-18-14-19-25-44)97-58-54(92-41(4)83)52(90-39(2)81)55(60(86)77-65(98)74-43-22-16-13-17-23-43)95-62(58)94-50-29-30-71(10)49(68(50,6)7)28-31-73(12)59(71)48(85)36-46-47-37-70(9,33-32-69(47,8)34-35-72(46,73)11)64(88)79-67(100)76-45-26-20-15-21-27-45/h36,43-45,47,49-59,62-63H,13-35,37H2,1-12H3,(H2,74,77,86,98)(H2,75,78,87,99)(H2,76,79,88,100)/t47-,49-,50-,51-,52-,53-,54-,55-,56-,57+,58+,59+,62-,63+,69+,70-,71-,72+,73+/m0/s1. The molecule has 0 unspecified atom stereocenters. The number of ether oxygens (including phenoxy) is 9. The van der Waals surface area contributed by atoms with Crippen molar-refractivity contribution in [1.82, 2.24) is 31.9 Å². The maximum absolute atomic E-state index is 15.8. The predicted octanol–water partition coefficient (Wildman–Crippen LogP) is 8.82. The van der Waals surface area contributed by atoms with Gasteiger partial charge in [0.25, 0.3) is 11.8 Å². The Morgan fingerprint density at radius 3 is 1.36 bits per heavy atom. The van der Waals surface area contributed by atoms with Gasteiger partial charge in [-0.25, -0.2) is 0 Å². The Labute approximate surface area is 604 Å². The van der Waals surface area contributed by atoms with Crippen LogP contribution >= 0.6 is 36.7 Å². The summed E-state index contributed by atoms with van der Waals surface area (Å²) < 4.78 is 57.2. The molecule has 3 amide bonds. The Balaban J connectivity index is 0.992. The molecule has 10 aliphatic rings. The highest BCUT2D eigenvalue weighted by Gasteiger charge is 2.71. The van der Waals surface area contributed by atoms with Crippen LogP contribution in [-0.2, 0) is 85.8 Å². The summed E-state index contributed by atoms with van der Waals surface area (Å²) in [7, 11) is 0. The van der Waals surface area contributed by atoms with Crippen LogP contribution in [0, 0.1) is 50.2 Å². The Hall–Kier alpha value is -5.32. The van der Waals surface area contributed by atoms with Crippen molar-refractivity contribution in [2.24, 2.45) is 50.2 Å². The molecular weight excluding hydrogens is 1350 g/mol. The highest BCUT2D eigenvalue weighted by atomic mass is 32.1. The van der Waals surface area contributed by atoms with Crippen molar-refractivity contribution in [3.05, 3.63) is 11.6 Å². The van der Waals surface area contributed by atoms with Crippen LogP contribution in [-0.4, -0.2) is 154 Å². The third-order valence-corrected chi connectivity index (χ3v) is 25.8. The van der Waals surface area contributed by atoms with Gasteiger partial charge in [0.2, 0.25) is 5.91 Å². The number of fused-ring (bicyclic) bond motifs is 7. The predicted molar refractivity (Wildman–Crippen MR) is 377 cm³/mol. The number of allylic oxidation sites excluding steroid dienone is 2. The number of hydrogen-bond donors (Lipinski definition) is 6. The lowest BCUT2D eigenvalue weighted by atomic mass is 9.33. The van der Waals surface area contributed by atoms with E-state index in [1.54, 1.807) is 0 Å². The molecule has 0 spiro atoms. The van der Waals surface area contributed by atoms with Crippen LogP contribution in [0.25, 0.3) is 0 Å². The number of esters is 5. The van der Waals surface area contributed by atoms with Gasteiger partial charge in [0.1, 0.15) is 0 Å². The summed E-state index contributed by atoms with van der Waals surface area (Å²) in [5, 5.41) is 18.5. The molecule has 19 atom stereocenters. The highest BCUT2D eigenvalue weighted by Crippen LogP contribution is 2.75. The van der Waals surface area contributed by atoms with Crippen molar-refractivity contribution >= 4 is 105 Å². The van der Waals surface area contributed by atoms with E-state index in [4.69, 9.17) is 79.3 Å². The first-order chi connectivity index (χ1) is 47.1. The molecule has 0 bridgehead atoms. The highest BCUT2D eigenvalue weighted by molar-refractivity contribution is 7.80. The van der Waals surface area contributed by atoms with E-state index in [9.17, 15) is 33.6 Å². The van der Waals surface area contributed by atoms with Crippen LogP contribution in [0.4, 0.5) is 0 Å². The van der Waals surface area contributed by atoms with Crippen LogP contribution in [0.1, 0.15) is 237 Å². The minimum Gasteiger partial charge on any atom is -0.455 e. The maximum Gasteiger partial charge on any atom is 0.303 e. The molecule has 8 aliphatic carbocycles. The molecule has 9 fully saturated rings. The normalized spacial score (nSPS) is 38.1. The number of carbonyl (C=O) groups excluding carboxylic acids is 9. The van der Waals surface area contributed by atoms with E-state index in [1.807, 2.05) is 6.08 Å². The molecule has 6 N–H and O–H groups in total. The van der Waals surface area contributed by atoms with Gasteiger partial charge in [0, 0.05) is 64.1 Å². The number of amides is 3. The second-order valence-corrected chi connectivity index (χ2v) is 33.6. The first-order valence-corrected chi connectivity index (χ1v) is 37.9. The van der Waals surface area contributed by atoms with E-state index >= 15 is 9.59 Å². The molecule has 0 aromatic rings. The third kappa shape index (κ3) is 16.3. The average Bonchev–Trinajstić information content (AvgIpc) is 0.673. The van der Waals surface area contributed by atoms with Gasteiger partial charge in [0.15, 0.2) is 82.5 Å². The van der Waals surface area contributed by atoms with Crippen LogP contribution in [0.15, 0.2) is 11.6 Å². The summed E-state index contributed by atoms with van der Waals surface area (Å²) >= 11 is 17.1. The first-order valence-electron chi connectivity index (χ1n) is 36.7. The minimum absolute atomic E-state index is 0.0272. The number of thiocarbonyl (C=S) groups is 3. The topological polar surface area (TPSA) is 309 Å².